The van der Waals surface area contributed by atoms with E-state index in [2.05, 4.69) is 0 Å². The van der Waals surface area contributed by atoms with Crippen LogP contribution in [0.3, 0.4) is 0 Å². The molecule has 2 heterocycles. The van der Waals surface area contributed by atoms with E-state index in [9.17, 15) is 9.59 Å². The molecule has 6 nitrogen and oxygen atoms in total. The van der Waals surface area contributed by atoms with E-state index in [-0.39, 0.29) is 11.9 Å². The number of benzene rings is 1. The van der Waals surface area contributed by atoms with Crippen LogP contribution in [0.5, 0.6) is 0 Å². The molecule has 3 rings (SSSR count). The van der Waals surface area contributed by atoms with Crippen LogP contribution in [0.25, 0.3) is 11.0 Å². The highest BCUT2D eigenvalue weighted by Gasteiger charge is 2.27. The van der Waals surface area contributed by atoms with Crippen molar-refractivity contribution < 1.29 is 14.0 Å². The number of para-hydroxylation sites is 1. The minimum atomic E-state index is -0.117. The van der Waals surface area contributed by atoms with E-state index in [4.69, 9.17) is 4.42 Å². The van der Waals surface area contributed by atoms with Gasteiger partial charge in [-0.2, -0.15) is 0 Å². The van der Waals surface area contributed by atoms with E-state index in [1.54, 1.807) is 34.9 Å². The fraction of sp³-hybridized carbons (Fsp3) is 0.375. The number of hydrogen-bond donors (Lipinski definition) is 0. The molecule has 0 radical (unpaired) electrons. The van der Waals surface area contributed by atoms with Crippen LogP contribution in [0.1, 0.15) is 10.6 Å². The monoisotopic (exact) mass is 301 g/mol. The lowest BCUT2D eigenvalue weighted by atomic mass is 10.2. The Hall–Kier alpha value is -2.50. The SMILES string of the molecule is CN(C)C(=O)N1CCN(C(=O)c2cc3ccccc3o2)CC1. The minimum absolute atomic E-state index is 0.0177. The third kappa shape index (κ3) is 2.64. The Balaban J connectivity index is 1.68. The first-order valence-electron chi connectivity index (χ1n) is 7.30. The van der Waals surface area contributed by atoms with E-state index < -0.39 is 0 Å². The van der Waals surface area contributed by atoms with Crippen molar-refractivity contribution in [3.05, 3.63) is 36.1 Å². The quantitative estimate of drug-likeness (QED) is 0.808. The summed E-state index contributed by atoms with van der Waals surface area (Å²) in [5, 5.41) is 0.923. The molecule has 22 heavy (non-hydrogen) atoms. The Labute approximate surface area is 128 Å². The Kier molecular flexibility index (Phi) is 3.75. The van der Waals surface area contributed by atoms with Gasteiger partial charge in [0.2, 0.25) is 0 Å². The molecule has 0 saturated carbocycles. The number of nitrogens with zero attached hydrogens (tertiary/aromatic N) is 3. The molecule has 1 fully saturated rings. The van der Waals surface area contributed by atoms with Crippen molar-refractivity contribution in [2.45, 2.75) is 0 Å². The van der Waals surface area contributed by atoms with Crippen molar-refractivity contribution >= 4 is 22.9 Å². The smallest absolute Gasteiger partial charge is 0.319 e. The normalized spacial score (nSPS) is 15.2. The van der Waals surface area contributed by atoms with Crippen LogP contribution in [0, 0.1) is 0 Å². The van der Waals surface area contributed by atoms with Crippen molar-refractivity contribution in [1.29, 1.82) is 0 Å². The Morgan fingerprint density at radius 2 is 1.68 bits per heavy atom. The highest BCUT2D eigenvalue weighted by Crippen LogP contribution is 2.20. The number of amides is 3. The van der Waals surface area contributed by atoms with Gasteiger partial charge in [0.15, 0.2) is 5.76 Å². The summed E-state index contributed by atoms with van der Waals surface area (Å²) in [6, 6.07) is 9.32. The van der Waals surface area contributed by atoms with Crippen LogP contribution in [0.4, 0.5) is 4.79 Å². The molecule has 3 amide bonds. The second-order valence-corrected chi connectivity index (χ2v) is 5.60. The third-order valence-electron chi connectivity index (χ3n) is 3.86. The average Bonchev–Trinajstić information content (AvgIpc) is 2.97. The van der Waals surface area contributed by atoms with Crippen molar-refractivity contribution in [1.82, 2.24) is 14.7 Å². The maximum absolute atomic E-state index is 12.5. The second-order valence-electron chi connectivity index (χ2n) is 5.60. The van der Waals surface area contributed by atoms with Crippen LogP contribution in [0.15, 0.2) is 34.7 Å². The second kappa shape index (κ2) is 5.71. The largest absolute Gasteiger partial charge is 0.451 e. The Morgan fingerprint density at radius 1 is 1.05 bits per heavy atom. The number of urea groups is 1. The number of rotatable bonds is 1. The first-order valence-corrected chi connectivity index (χ1v) is 7.30. The van der Waals surface area contributed by atoms with Crippen molar-refractivity contribution in [3.63, 3.8) is 0 Å². The Morgan fingerprint density at radius 3 is 2.32 bits per heavy atom. The minimum Gasteiger partial charge on any atom is -0.451 e. The summed E-state index contributed by atoms with van der Waals surface area (Å²) in [6.45, 7) is 2.14. The van der Waals surface area contributed by atoms with E-state index >= 15 is 0 Å². The lowest BCUT2D eigenvalue weighted by molar-refractivity contribution is 0.0622. The zero-order chi connectivity index (χ0) is 15.7. The highest BCUT2D eigenvalue weighted by atomic mass is 16.3. The van der Waals surface area contributed by atoms with Gasteiger partial charge < -0.3 is 19.1 Å². The van der Waals surface area contributed by atoms with Gasteiger partial charge in [0.05, 0.1) is 0 Å². The molecule has 6 heteroatoms. The van der Waals surface area contributed by atoms with Crippen LogP contribution < -0.4 is 0 Å². The van der Waals surface area contributed by atoms with Crippen LogP contribution in [0.2, 0.25) is 0 Å². The van der Waals surface area contributed by atoms with Gasteiger partial charge in [-0.25, -0.2) is 4.79 Å². The van der Waals surface area contributed by atoms with Gasteiger partial charge in [-0.15, -0.1) is 0 Å². The topological polar surface area (TPSA) is 57.0 Å². The maximum atomic E-state index is 12.5. The van der Waals surface area contributed by atoms with E-state index in [0.29, 0.717) is 37.5 Å². The predicted octanol–water partition coefficient (Wildman–Crippen LogP) is 1.87. The molecule has 0 N–H and O–H groups in total. The molecule has 1 aromatic heterocycles. The summed E-state index contributed by atoms with van der Waals surface area (Å²) in [6.07, 6.45) is 0. The summed E-state index contributed by atoms with van der Waals surface area (Å²) in [7, 11) is 3.46. The van der Waals surface area contributed by atoms with Gasteiger partial charge >= 0.3 is 6.03 Å². The highest BCUT2D eigenvalue weighted by molar-refractivity contribution is 5.96. The summed E-state index contributed by atoms with van der Waals surface area (Å²) >= 11 is 0. The summed E-state index contributed by atoms with van der Waals surface area (Å²) in [5.41, 5.74) is 0.715. The van der Waals surface area contributed by atoms with Crippen LogP contribution in [-0.4, -0.2) is 66.9 Å². The van der Waals surface area contributed by atoms with Crippen molar-refractivity contribution in [3.8, 4) is 0 Å². The molecule has 0 bridgehead atoms. The fourth-order valence-electron chi connectivity index (χ4n) is 2.63. The molecule has 0 spiro atoms. The molecule has 1 saturated heterocycles. The average molecular weight is 301 g/mol. The summed E-state index contributed by atoms with van der Waals surface area (Å²) < 4.78 is 5.62. The predicted molar refractivity (Wildman–Crippen MR) is 82.8 cm³/mol. The van der Waals surface area contributed by atoms with E-state index in [1.807, 2.05) is 24.3 Å². The molecule has 0 aliphatic carbocycles. The lowest BCUT2D eigenvalue weighted by Crippen LogP contribution is -2.52. The van der Waals surface area contributed by atoms with E-state index in [0.717, 1.165) is 5.39 Å². The summed E-state index contributed by atoms with van der Waals surface area (Å²) in [5.74, 6) is 0.238. The number of fused-ring (bicyclic) bond motifs is 1. The number of carbonyl (C=O) groups excluding carboxylic acids is 2. The van der Waals surface area contributed by atoms with Crippen molar-refractivity contribution in [2.24, 2.45) is 0 Å². The molecule has 1 aromatic carbocycles. The van der Waals surface area contributed by atoms with Gasteiger partial charge in [0.25, 0.3) is 5.91 Å². The molecule has 1 aliphatic heterocycles. The molecule has 0 atom stereocenters. The van der Waals surface area contributed by atoms with Gasteiger partial charge in [-0.3, -0.25) is 4.79 Å². The number of furan rings is 1. The fourth-order valence-corrected chi connectivity index (χ4v) is 2.63. The molecule has 0 unspecified atom stereocenters. The zero-order valence-corrected chi connectivity index (χ0v) is 12.8. The van der Waals surface area contributed by atoms with Crippen LogP contribution >= 0.6 is 0 Å². The molecule has 116 valence electrons. The lowest BCUT2D eigenvalue weighted by Gasteiger charge is -2.35. The molecular weight excluding hydrogens is 282 g/mol. The van der Waals surface area contributed by atoms with Crippen molar-refractivity contribution in [2.75, 3.05) is 40.3 Å². The molecule has 1 aliphatic rings. The van der Waals surface area contributed by atoms with E-state index in [1.165, 1.54) is 0 Å². The number of hydrogen-bond acceptors (Lipinski definition) is 3. The van der Waals surface area contributed by atoms with Gasteiger partial charge in [0.1, 0.15) is 5.58 Å². The maximum Gasteiger partial charge on any atom is 0.319 e. The molecule has 2 aromatic rings. The standard InChI is InChI=1S/C16H19N3O3/c1-17(2)16(21)19-9-7-18(8-10-19)15(20)14-11-12-5-3-4-6-13(12)22-14/h3-6,11H,7-10H2,1-2H3. The number of piperazine rings is 1. The third-order valence-corrected chi connectivity index (χ3v) is 3.86. The van der Waals surface area contributed by atoms with Crippen LogP contribution in [-0.2, 0) is 0 Å². The molecular formula is C16H19N3O3. The Bertz CT molecular complexity index is 666. The van der Waals surface area contributed by atoms with Gasteiger partial charge in [0, 0.05) is 45.7 Å². The zero-order valence-electron chi connectivity index (χ0n) is 12.8. The van der Waals surface area contributed by atoms with Gasteiger partial charge in [-0.1, -0.05) is 18.2 Å². The first kappa shape index (κ1) is 14.4. The number of carbonyl (C=O) groups is 2. The summed E-state index contributed by atoms with van der Waals surface area (Å²) in [4.78, 5) is 29.4. The first-order chi connectivity index (χ1) is 10.6. The van der Waals surface area contributed by atoms with Gasteiger partial charge in [-0.05, 0) is 12.1 Å².